The Morgan fingerprint density at radius 3 is 2.53 bits per heavy atom. The van der Waals surface area contributed by atoms with Crippen molar-refractivity contribution >= 4 is 11.9 Å². The molecule has 1 aromatic carbocycles. The van der Waals surface area contributed by atoms with Gasteiger partial charge in [0.15, 0.2) is 0 Å². The molecule has 0 bridgehead atoms. The standard InChI is InChI=1S/C21H24FN7O/c1-13-11-14(2)26-21(25-13)27-18-5-4-10-28(15(18)3)20(30)17-12-16(22)6-7-19(17)29-23-8-9-24-29/h6-9,11-12,15,18H,4-5,10H2,1-3H3,(H,25,26,27). The van der Waals surface area contributed by atoms with Crippen LogP contribution in [0.5, 0.6) is 0 Å². The molecule has 1 aliphatic rings. The number of benzene rings is 1. The molecule has 3 aromatic rings. The molecule has 0 radical (unpaired) electrons. The summed E-state index contributed by atoms with van der Waals surface area (Å²) in [5, 5.41) is 11.6. The number of hydrogen-bond donors (Lipinski definition) is 1. The highest BCUT2D eigenvalue weighted by Crippen LogP contribution is 2.25. The van der Waals surface area contributed by atoms with Crippen LogP contribution in [0.3, 0.4) is 0 Å². The molecule has 156 valence electrons. The van der Waals surface area contributed by atoms with Gasteiger partial charge in [0.25, 0.3) is 5.91 Å². The normalized spacial score (nSPS) is 19.0. The van der Waals surface area contributed by atoms with Gasteiger partial charge in [0, 0.05) is 30.0 Å². The lowest BCUT2D eigenvalue weighted by Crippen LogP contribution is -2.52. The van der Waals surface area contributed by atoms with Crippen molar-refractivity contribution in [3.05, 3.63) is 59.4 Å². The number of hydrogen-bond acceptors (Lipinski definition) is 6. The quantitative estimate of drug-likeness (QED) is 0.713. The Kier molecular flexibility index (Phi) is 5.43. The second kappa shape index (κ2) is 8.17. The highest BCUT2D eigenvalue weighted by atomic mass is 19.1. The van der Waals surface area contributed by atoms with Crippen molar-refractivity contribution in [3.8, 4) is 5.69 Å². The third-order valence-electron chi connectivity index (χ3n) is 5.37. The summed E-state index contributed by atoms with van der Waals surface area (Å²) in [5.41, 5.74) is 2.46. The Bertz CT molecular complexity index is 1030. The number of nitrogens with one attached hydrogen (secondary N) is 1. The van der Waals surface area contributed by atoms with Crippen LogP contribution in [0.15, 0.2) is 36.7 Å². The van der Waals surface area contributed by atoms with Gasteiger partial charge in [0.1, 0.15) is 5.82 Å². The molecule has 2 aromatic heterocycles. The number of nitrogens with zero attached hydrogens (tertiary/aromatic N) is 6. The van der Waals surface area contributed by atoms with Crippen molar-refractivity contribution in [1.29, 1.82) is 0 Å². The van der Waals surface area contributed by atoms with Gasteiger partial charge in [-0.05, 0) is 57.9 Å². The average molecular weight is 409 g/mol. The van der Waals surface area contributed by atoms with Crippen LogP contribution in [0.2, 0.25) is 0 Å². The topological polar surface area (TPSA) is 88.8 Å². The van der Waals surface area contributed by atoms with Gasteiger partial charge in [0.05, 0.1) is 23.6 Å². The number of halogens is 1. The van der Waals surface area contributed by atoms with Gasteiger partial charge in [-0.1, -0.05) is 0 Å². The Morgan fingerprint density at radius 1 is 1.13 bits per heavy atom. The molecule has 1 saturated heterocycles. The highest BCUT2D eigenvalue weighted by Gasteiger charge is 2.33. The Labute approximate surface area is 174 Å². The van der Waals surface area contributed by atoms with E-state index in [9.17, 15) is 9.18 Å². The molecule has 8 nitrogen and oxygen atoms in total. The Morgan fingerprint density at radius 2 is 1.83 bits per heavy atom. The molecule has 1 aliphatic heterocycles. The fourth-order valence-electron chi connectivity index (χ4n) is 3.93. The van der Waals surface area contributed by atoms with Gasteiger partial charge < -0.3 is 10.2 Å². The summed E-state index contributed by atoms with van der Waals surface area (Å²) >= 11 is 0. The van der Waals surface area contributed by atoms with E-state index in [2.05, 4.69) is 25.5 Å². The van der Waals surface area contributed by atoms with E-state index in [1.807, 2.05) is 26.8 Å². The lowest BCUT2D eigenvalue weighted by atomic mass is 9.96. The second-order valence-electron chi connectivity index (χ2n) is 7.59. The molecule has 0 saturated carbocycles. The number of amides is 1. The molecule has 1 N–H and O–H groups in total. The number of aromatic nitrogens is 5. The summed E-state index contributed by atoms with van der Waals surface area (Å²) in [4.78, 5) is 25.4. The maximum absolute atomic E-state index is 14.0. The summed E-state index contributed by atoms with van der Waals surface area (Å²) in [6.07, 6.45) is 4.75. The Hall–Kier alpha value is -3.36. The maximum atomic E-state index is 14.0. The number of carbonyl (C=O) groups is 1. The van der Waals surface area contributed by atoms with Crippen LogP contribution in [0.4, 0.5) is 10.3 Å². The van der Waals surface area contributed by atoms with Crippen LogP contribution < -0.4 is 5.32 Å². The first-order chi connectivity index (χ1) is 14.4. The van der Waals surface area contributed by atoms with E-state index in [0.29, 0.717) is 18.2 Å². The molecule has 9 heteroatoms. The summed E-state index contributed by atoms with van der Waals surface area (Å²) in [6.45, 7) is 6.43. The van der Waals surface area contributed by atoms with E-state index in [1.54, 1.807) is 4.90 Å². The smallest absolute Gasteiger partial charge is 0.256 e. The number of carbonyl (C=O) groups excluding carboxylic acids is 1. The van der Waals surface area contributed by atoms with Crippen molar-refractivity contribution in [3.63, 3.8) is 0 Å². The van der Waals surface area contributed by atoms with Crippen molar-refractivity contribution in [2.45, 2.75) is 45.7 Å². The fraction of sp³-hybridized carbons (Fsp3) is 0.381. The molecule has 2 unspecified atom stereocenters. The van der Waals surface area contributed by atoms with Crippen LogP contribution in [0, 0.1) is 19.7 Å². The lowest BCUT2D eigenvalue weighted by molar-refractivity contribution is 0.0615. The third kappa shape index (κ3) is 4.00. The number of piperidine rings is 1. The summed E-state index contributed by atoms with van der Waals surface area (Å²) in [7, 11) is 0. The summed E-state index contributed by atoms with van der Waals surface area (Å²) in [6, 6.07) is 5.85. The molecule has 2 atom stereocenters. The van der Waals surface area contributed by atoms with E-state index in [1.165, 1.54) is 35.4 Å². The monoisotopic (exact) mass is 409 g/mol. The van der Waals surface area contributed by atoms with E-state index in [-0.39, 0.29) is 23.6 Å². The van der Waals surface area contributed by atoms with Crippen molar-refractivity contribution < 1.29 is 9.18 Å². The van der Waals surface area contributed by atoms with E-state index >= 15 is 0 Å². The number of aryl methyl sites for hydroxylation is 2. The Balaban J connectivity index is 1.60. The van der Waals surface area contributed by atoms with E-state index < -0.39 is 5.82 Å². The largest absolute Gasteiger partial charge is 0.349 e. The van der Waals surface area contributed by atoms with Crippen molar-refractivity contribution in [2.24, 2.45) is 0 Å². The number of likely N-dealkylation sites (tertiary alicyclic amines) is 1. The summed E-state index contributed by atoms with van der Waals surface area (Å²) in [5.74, 6) is -0.162. The molecule has 3 heterocycles. The molecule has 30 heavy (non-hydrogen) atoms. The lowest BCUT2D eigenvalue weighted by Gasteiger charge is -2.40. The van der Waals surface area contributed by atoms with E-state index in [0.717, 1.165) is 24.2 Å². The number of rotatable bonds is 4. The molecular formula is C21H24FN7O. The van der Waals surface area contributed by atoms with Crippen LogP contribution in [0.1, 0.15) is 41.5 Å². The summed E-state index contributed by atoms with van der Waals surface area (Å²) < 4.78 is 14.0. The highest BCUT2D eigenvalue weighted by molar-refractivity contribution is 5.98. The average Bonchev–Trinajstić information content (AvgIpc) is 3.23. The zero-order valence-corrected chi connectivity index (χ0v) is 17.2. The first-order valence-electron chi connectivity index (χ1n) is 9.98. The third-order valence-corrected chi connectivity index (χ3v) is 5.37. The first-order valence-corrected chi connectivity index (χ1v) is 9.98. The van der Waals surface area contributed by atoms with Gasteiger partial charge in [-0.15, -0.1) is 0 Å². The van der Waals surface area contributed by atoms with Crippen molar-refractivity contribution in [1.82, 2.24) is 29.9 Å². The number of anilines is 1. The molecule has 0 aliphatic carbocycles. The van der Waals surface area contributed by atoms with Crippen molar-refractivity contribution in [2.75, 3.05) is 11.9 Å². The second-order valence-corrected chi connectivity index (χ2v) is 7.59. The molecule has 1 fully saturated rings. The van der Waals surface area contributed by atoms with Gasteiger partial charge in [0.2, 0.25) is 5.95 Å². The maximum Gasteiger partial charge on any atom is 0.256 e. The van der Waals surface area contributed by atoms with Crippen LogP contribution >= 0.6 is 0 Å². The van der Waals surface area contributed by atoms with E-state index in [4.69, 9.17) is 0 Å². The fourth-order valence-corrected chi connectivity index (χ4v) is 3.93. The predicted octanol–water partition coefficient (Wildman–Crippen LogP) is 2.92. The molecule has 1 amide bonds. The molecular weight excluding hydrogens is 385 g/mol. The van der Waals surface area contributed by atoms with Crippen LogP contribution in [-0.4, -0.2) is 54.4 Å². The zero-order valence-electron chi connectivity index (χ0n) is 17.2. The SMILES string of the molecule is Cc1cc(C)nc(NC2CCCN(C(=O)c3cc(F)ccc3-n3nccn3)C2C)n1. The van der Waals surface area contributed by atoms with Crippen LogP contribution in [0.25, 0.3) is 5.69 Å². The van der Waals surface area contributed by atoms with Gasteiger partial charge in [-0.2, -0.15) is 15.0 Å². The molecule has 0 spiro atoms. The van der Waals surface area contributed by atoms with Gasteiger partial charge in [-0.3, -0.25) is 4.79 Å². The predicted molar refractivity (Wildman–Crippen MR) is 110 cm³/mol. The van der Waals surface area contributed by atoms with Crippen LogP contribution in [-0.2, 0) is 0 Å². The molecule has 4 rings (SSSR count). The minimum absolute atomic E-state index is 0.0104. The minimum atomic E-state index is -0.475. The van der Waals surface area contributed by atoms with Gasteiger partial charge >= 0.3 is 0 Å². The van der Waals surface area contributed by atoms with Gasteiger partial charge in [-0.25, -0.2) is 14.4 Å². The first kappa shape index (κ1) is 19.9. The zero-order chi connectivity index (χ0) is 21.3. The minimum Gasteiger partial charge on any atom is -0.349 e.